The average molecular weight is 282 g/mol. The molecule has 0 amide bonds. The van der Waals surface area contributed by atoms with Gasteiger partial charge in [0.05, 0.1) is 5.92 Å². The second-order valence-electron chi connectivity index (χ2n) is 7.86. The van der Waals surface area contributed by atoms with Crippen LogP contribution in [0.3, 0.4) is 0 Å². The van der Waals surface area contributed by atoms with Gasteiger partial charge in [0.25, 0.3) is 0 Å². The fraction of sp³-hybridized carbons (Fsp3) is 0.889. The van der Waals surface area contributed by atoms with Crippen molar-refractivity contribution in [2.24, 2.45) is 23.2 Å². The molecule has 0 rings (SSSR count). The first-order valence-electron chi connectivity index (χ1n) is 8.15. The van der Waals surface area contributed by atoms with Gasteiger partial charge in [-0.05, 0) is 30.1 Å². The highest BCUT2D eigenvalue weighted by Gasteiger charge is 2.27. The highest BCUT2D eigenvalue weighted by atomic mass is 16.1. The molecule has 0 fully saturated rings. The van der Waals surface area contributed by atoms with Gasteiger partial charge in [0.15, 0.2) is 0 Å². The maximum absolute atomic E-state index is 12.2. The van der Waals surface area contributed by atoms with Crippen LogP contribution in [0, 0.1) is 23.2 Å². The smallest absolute Gasteiger partial charge is 0.143 e. The Morgan fingerprint density at radius 2 is 1.65 bits per heavy atom. The van der Waals surface area contributed by atoms with E-state index in [1.54, 1.807) is 0 Å². The van der Waals surface area contributed by atoms with Gasteiger partial charge >= 0.3 is 0 Å². The van der Waals surface area contributed by atoms with Crippen molar-refractivity contribution in [2.75, 3.05) is 0 Å². The maximum atomic E-state index is 12.2. The Morgan fingerprint density at radius 3 is 2.10 bits per heavy atom. The molecule has 0 heterocycles. The van der Waals surface area contributed by atoms with E-state index in [4.69, 9.17) is 0 Å². The molecular formula is C18H34O2. The quantitative estimate of drug-likeness (QED) is 0.319. The summed E-state index contributed by atoms with van der Waals surface area (Å²) in [5.41, 5.74) is 0.165. The monoisotopic (exact) mass is 282 g/mol. The largest absolute Gasteiger partial charge is 0.303 e. The summed E-state index contributed by atoms with van der Waals surface area (Å²) in [5, 5.41) is 0. The molecule has 0 saturated carbocycles. The van der Waals surface area contributed by atoms with Crippen molar-refractivity contribution in [1.82, 2.24) is 0 Å². The van der Waals surface area contributed by atoms with E-state index in [1.165, 1.54) is 12.8 Å². The minimum absolute atomic E-state index is 0.140. The molecule has 0 aromatic rings. The summed E-state index contributed by atoms with van der Waals surface area (Å²) in [6, 6.07) is 0. The van der Waals surface area contributed by atoms with Gasteiger partial charge in [0.2, 0.25) is 0 Å². The van der Waals surface area contributed by atoms with Crippen molar-refractivity contribution in [3.8, 4) is 0 Å². The van der Waals surface area contributed by atoms with Crippen LogP contribution in [0.1, 0.15) is 80.1 Å². The normalized spacial score (nSPS) is 15.2. The summed E-state index contributed by atoms with van der Waals surface area (Å²) >= 11 is 0. The number of Topliss-reactive ketones (excluding diaryl/α,β-unsaturated/α-hetero) is 1. The minimum Gasteiger partial charge on any atom is -0.303 e. The Bertz CT molecular complexity index is 286. The summed E-state index contributed by atoms with van der Waals surface area (Å²) < 4.78 is 0. The number of hydrogen-bond donors (Lipinski definition) is 0. The van der Waals surface area contributed by atoms with Gasteiger partial charge in [-0.2, -0.15) is 0 Å². The number of hydrogen-bond acceptors (Lipinski definition) is 2. The first-order valence-corrected chi connectivity index (χ1v) is 8.15. The third-order valence-corrected chi connectivity index (χ3v) is 3.77. The van der Waals surface area contributed by atoms with Crippen molar-refractivity contribution in [2.45, 2.75) is 80.1 Å². The van der Waals surface area contributed by atoms with Crippen LogP contribution < -0.4 is 0 Å². The summed E-state index contributed by atoms with van der Waals surface area (Å²) in [5.74, 6) is 0.622. The van der Waals surface area contributed by atoms with Crippen LogP contribution in [-0.2, 0) is 9.59 Å². The van der Waals surface area contributed by atoms with E-state index >= 15 is 0 Å². The zero-order chi connectivity index (χ0) is 15.8. The van der Waals surface area contributed by atoms with E-state index in [0.29, 0.717) is 6.42 Å². The Morgan fingerprint density at radius 1 is 1.05 bits per heavy atom. The number of carbonyl (C=O) groups excluding carboxylic acids is 2. The SMILES string of the molecule is CC(C)CCCCCC(=O)C(C=O)C(C)CC(C)(C)C. The highest BCUT2D eigenvalue weighted by molar-refractivity contribution is 5.93. The van der Waals surface area contributed by atoms with E-state index in [-0.39, 0.29) is 17.1 Å². The lowest BCUT2D eigenvalue weighted by Crippen LogP contribution is -2.26. The predicted octanol–water partition coefficient (Wildman–Crippen LogP) is 5.05. The molecule has 0 radical (unpaired) electrons. The fourth-order valence-corrected chi connectivity index (χ4v) is 2.82. The summed E-state index contributed by atoms with van der Waals surface area (Å²) in [4.78, 5) is 23.4. The molecule has 0 aromatic heterocycles. The van der Waals surface area contributed by atoms with Gasteiger partial charge in [-0.1, -0.05) is 60.8 Å². The Kier molecular flexibility index (Phi) is 9.00. The van der Waals surface area contributed by atoms with Gasteiger partial charge in [-0.3, -0.25) is 4.79 Å². The van der Waals surface area contributed by atoms with E-state index in [1.807, 2.05) is 6.92 Å². The Labute approximate surface area is 125 Å². The molecule has 0 spiro atoms. The van der Waals surface area contributed by atoms with Gasteiger partial charge in [0, 0.05) is 6.42 Å². The number of unbranched alkanes of at least 4 members (excludes halogenated alkanes) is 2. The zero-order valence-electron chi connectivity index (χ0n) is 14.4. The van der Waals surface area contributed by atoms with Gasteiger partial charge in [0.1, 0.15) is 12.1 Å². The third kappa shape index (κ3) is 9.28. The van der Waals surface area contributed by atoms with Crippen molar-refractivity contribution in [3.63, 3.8) is 0 Å². The first kappa shape index (κ1) is 19.3. The van der Waals surface area contributed by atoms with E-state index in [9.17, 15) is 9.59 Å². The van der Waals surface area contributed by atoms with Crippen molar-refractivity contribution in [3.05, 3.63) is 0 Å². The lowest BCUT2D eigenvalue weighted by atomic mass is 9.78. The molecule has 2 unspecified atom stereocenters. The zero-order valence-corrected chi connectivity index (χ0v) is 14.4. The number of aldehydes is 1. The van der Waals surface area contributed by atoms with Crippen molar-refractivity contribution >= 4 is 12.1 Å². The summed E-state index contributed by atoms with van der Waals surface area (Å²) in [6.07, 6.45) is 6.79. The molecule has 0 aliphatic carbocycles. The molecular weight excluding hydrogens is 248 g/mol. The Balaban J connectivity index is 4.11. The van der Waals surface area contributed by atoms with Gasteiger partial charge < -0.3 is 4.79 Å². The van der Waals surface area contributed by atoms with E-state index in [2.05, 4.69) is 34.6 Å². The van der Waals surface area contributed by atoms with E-state index in [0.717, 1.165) is 31.5 Å². The number of ketones is 1. The topological polar surface area (TPSA) is 34.1 Å². The van der Waals surface area contributed by atoms with Crippen LogP contribution in [0.4, 0.5) is 0 Å². The highest BCUT2D eigenvalue weighted by Crippen LogP contribution is 2.29. The van der Waals surface area contributed by atoms with Gasteiger partial charge in [-0.25, -0.2) is 0 Å². The summed E-state index contributed by atoms with van der Waals surface area (Å²) in [6.45, 7) is 12.9. The van der Waals surface area contributed by atoms with Crippen LogP contribution in [0.5, 0.6) is 0 Å². The lowest BCUT2D eigenvalue weighted by molar-refractivity contribution is -0.129. The maximum Gasteiger partial charge on any atom is 0.143 e. The minimum atomic E-state index is -0.403. The van der Waals surface area contributed by atoms with Crippen LogP contribution >= 0.6 is 0 Å². The van der Waals surface area contributed by atoms with Crippen LogP contribution in [0.2, 0.25) is 0 Å². The van der Waals surface area contributed by atoms with Gasteiger partial charge in [-0.15, -0.1) is 0 Å². The molecule has 2 heteroatoms. The van der Waals surface area contributed by atoms with Crippen LogP contribution in [0.15, 0.2) is 0 Å². The number of rotatable bonds is 10. The lowest BCUT2D eigenvalue weighted by Gasteiger charge is -2.26. The molecule has 118 valence electrons. The molecule has 0 aliphatic heterocycles. The van der Waals surface area contributed by atoms with Crippen LogP contribution in [-0.4, -0.2) is 12.1 Å². The predicted molar refractivity (Wildman–Crippen MR) is 85.7 cm³/mol. The molecule has 0 N–H and O–H groups in total. The molecule has 0 bridgehead atoms. The average Bonchev–Trinajstić information content (AvgIpc) is 2.26. The van der Waals surface area contributed by atoms with E-state index < -0.39 is 5.92 Å². The second kappa shape index (κ2) is 9.31. The van der Waals surface area contributed by atoms with Crippen molar-refractivity contribution < 1.29 is 9.59 Å². The molecule has 0 aromatic carbocycles. The molecule has 20 heavy (non-hydrogen) atoms. The number of carbonyl (C=O) groups is 2. The molecule has 2 atom stereocenters. The standard InChI is InChI=1S/C18H34O2/c1-14(2)10-8-7-9-11-17(20)16(13-19)15(3)12-18(4,5)6/h13-16H,7-12H2,1-6H3. The second-order valence-corrected chi connectivity index (χ2v) is 7.86. The molecule has 0 aliphatic rings. The third-order valence-electron chi connectivity index (χ3n) is 3.77. The Hall–Kier alpha value is -0.660. The molecule has 0 saturated heterocycles. The fourth-order valence-electron chi connectivity index (χ4n) is 2.82. The first-order chi connectivity index (χ1) is 9.17. The summed E-state index contributed by atoms with van der Waals surface area (Å²) in [7, 11) is 0. The molecule has 2 nitrogen and oxygen atoms in total. The van der Waals surface area contributed by atoms with Crippen LogP contribution in [0.25, 0.3) is 0 Å². The van der Waals surface area contributed by atoms with Crippen molar-refractivity contribution in [1.29, 1.82) is 0 Å².